The molecule has 0 saturated carbocycles. The summed E-state index contributed by atoms with van der Waals surface area (Å²) in [5, 5.41) is 2.97. The molecule has 0 bridgehead atoms. The molecule has 1 saturated heterocycles. The minimum Gasteiger partial charge on any atom is -0.356 e. The van der Waals surface area contributed by atoms with Crippen molar-refractivity contribution in [1.29, 1.82) is 0 Å². The number of carbonyl (C=O) groups is 2. The summed E-state index contributed by atoms with van der Waals surface area (Å²) in [7, 11) is 0. The fraction of sp³-hybridized carbons (Fsp3) is 0.556. The molecule has 2 rings (SSSR count). The van der Waals surface area contributed by atoms with Gasteiger partial charge in [-0.25, -0.2) is 0 Å². The van der Waals surface area contributed by atoms with Crippen LogP contribution in [0.2, 0.25) is 0 Å². The number of carbonyl (C=O) groups excluding carboxylic acids is 2. The Labute approximate surface area is 132 Å². The van der Waals surface area contributed by atoms with Gasteiger partial charge < -0.3 is 10.2 Å². The van der Waals surface area contributed by atoms with E-state index in [0.717, 1.165) is 24.1 Å². The molecule has 0 radical (unpaired) electrons. The molecule has 0 unspecified atom stereocenters. The largest absolute Gasteiger partial charge is 0.356 e. The van der Waals surface area contributed by atoms with Gasteiger partial charge in [0.2, 0.25) is 11.8 Å². The van der Waals surface area contributed by atoms with Gasteiger partial charge in [0.05, 0.1) is 5.92 Å². The zero-order valence-corrected chi connectivity index (χ0v) is 13.6. The molecule has 120 valence electrons. The summed E-state index contributed by atoms with van der Waals surface area (Å²) < 4.78 is 0. The Morgan fingerprint density at radius 3 is 2.77 bits per heavy atom. The summed E-state index contributed by atoms with van der Waals surface area (Å²) in [6.45, 7) is 5.37. The molecule has 1 N–H and O–H groups in total. The third kappa shape index (κ3) is 4.09. The van der Waals surface area contributed by atoms with E-state index in [1.165, 1.54) is 12.8 Å². The molecule has 4 heteroatoms. The third-order valence-electron chi connectivity index (χ3n) is 4.23. The average molecular weight is 302 g/mol. The van der Waals surface area contributed by atoms with Crippen LogP contribution in [0, 0.1) is 12.8 Å². The topological polar surface area (TPSA) is 49.4 Å². The lowest BCUT2D eigenvalue weighted by molar-refractivity contribution is -0.126. The van der Waals surface area contributed by atoms with Gasteiger partial charge in [-0.05, 0) is 25.0 Å². The zero-order chi connectivity index (χ0) is 15.9. The van der Waals surface area contributed by atoms with E-state index >= 15 is 0 Å². The van der Waals surface area contributed by atoms with Crippen LogP contribution in [0.3, 0.4) is 0 Å². The van der Waals surface area contributed by atoms with Crippen LogP contribution < -0.4 is 10.2 Å². The smallest absolute Gasteiger partial charge is 0.227 e. The summed E-state index contributed by atoms with van der Waals surface area (Å²) in [5.74, 6) is -0.167. The average Bonchev–Trinajstić information content (AvgIpc) is 2.89. The summed E-state index contributed by atoms with van der Waals surface area (Å²) >= 11 is 0. The number of nitrogens with zero attached hydrogens (tertiary/aromatic N) is 1. The summed E-state index contributed by atoms with van der Waals surface area (Å²) in [4.78, 5) is 26.1. The van der Waals surface area contributed by atoms with Gasteiger partial charge in [0, 0.05) is 25.2 Å². The molecule has 1 heterocycles. The quantitative estimate of drug-likeness (QED) is 0.787. The van der Waals surface area contributed by atoms with Crippen molar-refractivity contribution in [3.63, 3.8) is 0 Å². The second kappa shape index (κ2) is 7.97. The molecule has 4 nitrogen and oxygen atoms in total. The third-order valence-corrected chi connectivity index (χ3v) is 4.23. The Kier molecular flexibility index (Phi) is 5.99. The number of nitrogens with one attached hydrogen (secondary N) is 1. The Bertz CT molecular complexity index is 528. The molecule has 2 amide bonds. The molecule has 1 aliphatic rings. The first-order valence-electron chi connectivity index (χ1n) is 8.27. The number of para-hydroxylation sites is 1. The van der Waals surface area contributed by atoms with Crippen molar-refractivity contribution >= 4 is 17.5 Å². The maximum absolute atomic E-state index is 12.2. The van der Waals surface area contributed by atoms with Gasteiger partial charge in [-0.1, -0.05) is 44.4 Å². The zero-order valence-electron chi connectivity index (χ0n) is 13.6. The molecule has 1 aromatic carbocycles. The van der Waals surface area contributed by atoms with Gasteiger partial charge in [-0.15, -0.1) is 0 Å². The lowest BCUT2D eigenvalue weighted by atomic mass is 10.1. The molecule has 1 aromatic rings. The van der Waals surface area contributed by atoms with Crippen LogP contribution in [-0.4, -0.2) is 24.9 Å². The fourth-order valence-electron chi connectivity index (χ4n) is 2.89. The SMILES string of the molecule is CCCCCCNC(=O)[C@@H]1CC(=O)N(c2ccccc2C)C1. The number of hydrogen-bond acceptors (Lipinski definition) is 2. The van der Waals surface area contributed by atoms with Gasteiger partial charge in [0.25, 0.3) is 0 Å². The second-order valence-corrected chi connectivity index (χ2v) is 6.04. The molecule has 0 aliphatic carbocycles. The Morgan fingerprint density at radius 1 is 1.27 bits per heavy atom. The van der Waals surface area contributed by atoms with Crippen LogP contribution >= 0.6 is 0 Å². The molecule has 0 spiro atoms. The number of hydrogen-bond donors (Lipinski definition) is 1. The number of benzene rings is 1. The van der Waals surface area contributed by atoms with Crippen molar-refractivity contribution < 1.29 is 9.59 Å². The van der Waals surface area contributed by atoms with Gasteiger partial charge in [0.15, 0.2) is 0 Å². The van der Waals surface area contributed by atoms with E-state index < -0.39 is 0 Å². The van der Waals surface area contributed by atoms with Gasteiger partial charge in [-0.3, -0.25) is 9.59 Å². The maximum Gasteiger partial charge on any atom is 0.227 e. The van der Waals surface area contributed by atoms with Crippen LogP contribution in [0.1, 0.15) is 44.6 Å². The minimum atomic E-state index is -0.224. The van der Waals surface area contributed by atoms with Crippen LogP contribution in [0.4, 0.5) is 5.69 Å². The predicted molar refractivity (Wildman–Crippen MR) is 88.8 cm³/mol. The molecular formula is C18H26N2O2. The highest BCUT2D eigenvalue weighted by Crippen LogP contribution is 2.27. The molecular weight excluding hydrogens is 276 g/mol. The molecule has 1 aliphatic heterocycles. The van der Waals surface area contributed by atoms with Crippen LogP contribution in [0.5, 0.6) is 0 Å². The van der Waals surface area contributed by atoms with Crippen molar-refractivity contribution in [2.75, 3.05) is 18.0 Å². The molecule has 0 aromatic heterocycles. The highest BCUT2D eigenvalue weighted by molar-refractivity contribution is 6.00. The van der Waals surface area contributed by atoms with Crippen LogP contribution in [0.15, 0.2) is 24.3 Å². The molecule has 22 heavy (non-hydrogen) atoms. The van der Waals surface area contributed by atoms with E-state index in [0.29, 0.717) is 19.5 Å². The standard InChI is InChI=1S/C18H26N2O2/c1-3-4-5-8-11-19-18(22)15-12-17(21)20(13-15)16-10-7-6-9-14(16)2/h6-7,9-10,15H,3-5,8,11-13H2,1-2H3,(H,19,22)/t15-/m1/s1. The number of amides is 2. The predicted octanol–water partition coefficient (Wildman–Crippen LogP) is 3.04. The Balaban J connectivity index is 1.87. The molecule has 1 atom stereocenters. The maximum atomic E-state index is 12.2. The summed E-state index contributed by atoms with van der Waals surface area (Å²) in [6.07, 6.45) is 4.88. The number of unbranched alkanes of at least 4 members (excludes halogenated alkanes) is 3. The van der Waals surface area contributed by atoms with Crippen molar-refractivity contribution in [1.82, 2.24) is 5.32 Å². The van der Waals surface area contributed by atoms with Crippen molar-refractivity contribution in [2.45, 2.75) is 46.0 Å². The van der Waals surface area contributed by atoms with E-state index in [9.17, 15) is 9.59 Å². The number of aryl methyl sites for hydroxylation is 1. The lowest BCUT2D eigenvalue weighted by Gasteiger charge is -2.18. The fourth-order valence-corrected chi connectivity index (χ4v) is 2.89. The van der Waals surface area contributed by atoms with Crippen LogP contribution in [0.25, 0.3) is 0 Å². The van der Waals surface area contributed by atoms with Crippen molar-refractivity contribution in [3.05, 3.63) is 29.8 Å². The highest BCUT2D eigenvalue weighted by Gasteiger charge is 2.35. The first-order valence-corrected chi connectivity index (χ1v) is 8.27. The normalized spacial score (nSPS) is 17.8. The van der Waals surface area contributed by atoms with E-state index in [-0.39, 0.29) is 17.7 Å². The number of anilines is 1. The van der Waals surface area contributed by atoms with Gasteiger partial charge in [-0.2, -0.15) is 0 Å². The van der Waals surface area contributed by atoms with E-state index in [4.69, 9.17) is 0 Å². The van der Waals surface area contributed by atoms with Crippen LogP contribution in [-0.2, 0) is 9.59 Å². The number of rotatable bonds is 7. The summed E-state index contributed by atoms with van der Waals surface area (Å²) in [5.41, 5.74) is 1.99. The first kappa shape index (κ1) is 16.5. The minimum absolute atomic E-state index is 0.0148. The highest BCUT2D eigenvalue weighted by atomic mass is 16.2. The van der Waals surface area contributed by atoms with E-state index in [1.807, 2.05) is 31.2 Å². The monoisotopic (exact) mass is 302 g/mol. The van der Waals surface area contributed by atoms with E-state index in [1.54, 1.807) is 4.90 Å². The second-order valence-electron chi connectivity index (χ2n) is 6.04. The van der Waals surface area contributed by atoms with Gasteiger partial charge >= 0.3 is 0 Å². The van der Waals surface area contributed by atoms with Crippen molar-refractivity contribution in [3.8, 4) is 0 Å². The Morgan fingerprint density at radius 2 is 2.05 bits per heavy atom. The first-order chi connectivity index (χ1) is 10.6. The molecule has 1 fully saturated rings. The van der Waals surface area contributed by atoms with E-state index in [2.05, 4.69) is 12.2 Å². The van der Waals surface area contributed by atoms with Gasteiger partial charge in [0.1, 0.15) is 0 Å². The Hall–Kier alpha value is -1.84. The summed E-state index contributed by atoms with van der Waals surface area (Å²) in [6, 6.07) is 7.82. The van der Waals surface area contributed by atoms with Crippen molar-refractivity contribution in [2.24, 2.45) is 5.92 Å². The lowest BCUT2D eigenvalue weighted by Crippen LogP contribution is -2.33.